The summed E-state index contributed by atoms with van der Waals surface area (Å²) in [4.78, 5) is 30.2. The Kier molecular flexibility index (Phi) is 10.3. The van der Waals surface area contributed by atoms with Gasteiger partial charge in [0.2, 0.25) is 0 Å². The molecule has 4 N–H and O–H groups in total. The number of aromatic nitrogens is 4. The van der Waals surface area contributed by atoms with Gasteiger partial charge in [0.15, 0.2) is 5.78 Å². The van der Waals surface area contributed by atoms with Crippen LogP contribution in [0, 0.1) is 29.6 Å². The lowest BCUT2D eigenvalue weighted by Crippen LogP contribution is -2.15. The summed E-state index contributed by atoms with van der Waals surface area (Å²) in [6.45, 7) is 4.29. The Hall–Kier alpha value is -3.65. The monoisotopic (exact) mass is 590 g/mol. The van der Waals surface area contributed by atoms with E-state index >= 15 is 0 Å². The van der Waals surface area contributed by atoms with Crippen LogP contribution in [0.5, 0.6) is 0 Å². The summed E-state index contributed by atoms with van der Waals surface area (Å²) in [7, 11) is 0. The Morgan fingerprint density at radius 2 is 1.43 bits per heavy atom. The molecule has 2 aromatic heterocycles. The molecule has 0 amide bonds. The normalized spacial score (nSPS) is 22.1. The molecule has 6 rings (SSSR count). The Balaban J connectivity index is 1.33. The van der Waals surface area contributed by atoms with Crippen LogP contribution in [-0.2, 0) is 6.42 Å². The van der Waals surface area contributed by atoms with Crippen LogP contribution in [0.3, 0.4) is 0 Å². The number of fused-ring (bicyclic) bond motifs is 1. The van der Waals surface area contributed by atoms with Crippen LogP contribution in [0.15, 0.2) is 24.5 Å². The number of hydrogen-bond donors (Lipinski definition) is 4. The number of aromatic amines is 2. The largest absolute Gasteiger partial charge is 0.334 e. The number of ketones is 1. The first kappa shape index (κ1) is 30.4. The SMILES string of the molecule is CCCCCC1CCCCCc2c(C#Cc3cnc(C4CCCN4)[nH]3)ccc(C#Cc3cnc(C4CCCN4)[nH]3)c2C(=O)C1. The van der Waals surface area contributed by atoms with Gasteiger partial charge in [-0.3, -0.25) is 4.79 Å². The van der Waals surface area contributed by atoms with Gasteiger partial charge >= 0.3 is 0 Å². The van der Waals surface area contributed by atoms with Gasteiger partial charge in [0.1, 0.15) is 23.0 Å². The van der Waals surface area contributed by atoms with E-state index in [9.17, 15) is 4.79 Å². The van der Waals surface area contributed by atoms with Crippen LogP contribution in [0.2, 0.25) is 0 Å². The topological polar surface area (TPSA) is 98.5 Å². The first-order chi connectivity index (χ1) is 21.7. The third kappa shape index (κ3) is 7.52. The number of rotatable bonds is 6. The number of carbonyl (C=O) groups is 1. The summed E-state index contributed by atoms with van der Waals surface area (Å²) in [5.41, 5.74) is 5.15. The number of nitrogens with zero attached hydrogens (tertiary/aromatic N) is 2. The van der Waals surface area contributed by atoms with Crippen molar-refractivity contribution >= 4 is 5.78 Å². The molecule has 1 aliphatic carbocycles. The van der Waals surface area contributed by atoms with Gasteiger partial charge in [0.25, 0.3) is 0 Å². The second-order valence-electron chi connectivity index (χ2n) is 12.8. The molecule has 7 heteroatoms. The minimum absolute atomic E-state index is 0.216. The van der Waals surface area contributed by atoms with E-state index < -0.39 is 0 Å². The maximum absolute atomic E-state index is 14.2. The van der Waals surface area contributed by atoms with Gasteiger partial charge in [-0.1, -0.05) is 63.7 Å². The fourth-order valence-electron chi connectivity index (χ4n) is 7.01. The number of H-pyrrole nitrogens is 2. The van der Waals surface area contributed by atoms with Crippen LogP contribution in [0.25, 0.3) is 0 Å². The highest BCUT2D eigenvalue weighted by Crippen LogP contribution is 2.30. The zero-order chi connectivity index (χ0) is 30.1. The van der Waals surface area contributed by atoms with Gasteiger partial charge in [0.05, 0.1) is 24.5 Å². The number of unbranched alkanes of at least 4 members (excludes halogenated alkanes) is 2. The minimum Gasteiger partial charge on any atom is -0.334 e. The van der Waals surface area contributed by atoms with Crippen molar-refractivity contribution in [2.45, 2.75) is 109 Å². The second-order valence-corrected chi connectivity index (χ2v) is 12.8. The average molecular weight is 591 g/mol. The van der Waals surface area contributed by atoms with E-state index in [1.165, 1.54) is 38.5 Å². The maximum Gasteiger partial charge on any atom is 0.164 e. The molecule has 3 aliphatic rings. The standard InChI is InChI=1S/C37H46N6O/c1-2-3-5-10-26-11-6-4-7-12-31-27(17-19-29-24-40-36(42-29)32-13-8-21-38-32)15-16-28(35(31)34(44)23-26)18-20-30-25-41-37(43-30)33-14-9-22-39-33/h15-16,24-26,32-33,38-39H,2-14,21-23H2,1H3,(H,40,42)(H,41,43). The summed E-state index contributed by atoms with van der Waals surface area (Å²) >= 11 is 0. The van der Waals surface area contributed by atoms with Gasteiger partial charge in [0, 0.05) is 23.1 Å². The fraction of sp³-hybridized carbons (Fsp3) is 0.541. The van der Waals surface area contributed by atoms with Gasteiger partial charge in [-0.15, -0.1) is 0 Å². The molecule has 1 aromatic carbocycles. The number of hydrogen-bond acceptors (Lipinski definition) is 5. The molecule has 7 nitrogen and oxygen atoms in total. The Morgan fingerprint density at radius 1 is 0.773 bits per heavy atom. The van der Waals surface area contributed by atoms with Crippen LogP contribution in [0.1, 0.15) is 153 Å². The molecule has 2 fully saturated rings. The molecule has 4 heterocycles. The molecule has 0 spiro atoms. The predicted molar refractivity (Wildman–Crippen MR) is 174 cm³/mol. The highest BCUT2D eigenvalue weighted by molar-refractivity contribution is 6.00. The lowest BCUT2D eigenvalue weighted by molar-refractivity contribution is 0.0952. The Morgan fingerprint density at radius 3 is 2.07 bits per heavy atom. The highest BCUT2D eigenvalue weighted by atomic mass is 16.1. The van der Waals surface area contributed by atoms with E-state index in [4.69, 9.17) is 0 Å². The summed E-state index contributed by atoms with van der Waals surface area (Å²) in [6, 6.07) is 4.61. The van der Waals surface area contributed by atoms with Crippen molar-refractivity contribution in [1.82, 2.24) is 30.6 Å². The second kappa shape index (κ2) is 14.9. The summed E-state index contributed by atoms with van der Waals surface area (Å²) in [6.07, 6.45) is 18.9. The van der Waals surface area contributed by atoms with Gasteiger partial charge in [-0.05, 0) is 87.1 Å². The molecular formula is C37H46N6O. The molecule has 2 aliphatic heterocycles. The zero-order valence-corrected chi connectivity index (χ0v) is 26.2. The molecule has 3 unspecified atom stereocenters. The van der Waals surface area contributed by atoms with E-state index in [0.717, 1.165) is 103 Å². The van der Waals surface area contributed by atoms with Crippen molar-refractivity contribution in [2.75, 3.05) is 13.1 Å². The summed E-state index contributed by atoms with van der Waals surface area (Å²) in [5.74, 6) is 16.0. The molecule has 230 valence electrons. The van der Waals surface area contributed by atoms with Crippen LogP contribution in [-0.4, -0.2) is 38.8 Å². The molecular weight excluding hydrogens is 544 g/mol. The van der Waals surface area contributed by atoms with Crippen LogP contribution < -0.4 is 10.6 Å². The van der Waals surface area contributed by atoms with E-state index in [-0.39, 0.29) is 17.9 Å². The van der Waals surface area contributed by atoms with Crippen molar-refractivity contribution in [3.05, 3.63) is 69.8 Å². The van der Waals surface area contributed by atoms with Gasteiger partial charge < -0.3 is 20.6 Å². The predicted octanol–water partition coefficient (Wildman–Crippen LogP) is 6.67. The van der Waals surface area contributed by atoms with E-state index in [2.05, 4.69) is 67.2 Å². The lowest BCUT2D eigenvalue weighted by Gasteiger charge is -2.21. The summed E-state index contributed by atoms with van der Waals surface area (Å²) < 4.78 is 0. The molecule has 44 heavy (non-hydrogen) atoms. The van der Waals surface area contributed by atoms with Crippen molar-refractivity contribution in [2.24, 2.45) is 5.92 Å². The van der Waals surface area contributed by atoms with Crippen molar-refractivity contribution in [1.29, 1.82) is 0 Å². The van der Waals surface area contributed by atoms with E-state index in [1.54, 1.807) is 0 Å². The van der Waals surface area contributed by atoms with Gasteiger partial charge in [-0.25, -0.2) is 9.97 Å². The van der Waals surface area contributed by atoms with Crippen molar-refractivity contribution in [3.8, 4) is 23.7 Å². The molecule has 2 saturated heterocycles. The third-order valence-electron chi connectivity index (χ3n) is 9.46. The Labute approximate surface area is 262 Å². The minimum atomic E-state index is 0.216. The smallest absolute Gasteiger partial charge is 0.164 e. The van der Waals surface area contributed by atoms with Crippen LogP contribution in [0.4, 0.5) is 0 Å². The first-order valence-corrected chi connectivity index (χ1v) is 17.0. The van der Waals surface area contributed by atoms with Crippen molar-refractivity contribution in [3.63, 3.8) is 0 Å². The number of nitrogens with one attached hydrogen (secondary N) is 4. The zero-order valence-electron chi connectivity index (χ0n) is 26.2. The van der Waals surface area contributed by atoms with E-state index in [1.807, 2.05) is 18.5 Å². The Bertz CT molecular complexity index is 1550. The maximum atomic E-state index is 14.2. The first-order valence-electron chi connectivity index (χ1n) is 17.0. The number of Topliss-reactive ketones (excluding diaryl/α,β-unsaturated/α-hetero) is 1. The quantitative estimate of drug-likeness (QED) is 0.190. The third-order valence-corrected chi connectivity index (χ3v) is 9.46. The van der Waals surface area contributed by atoms with Crippen LogP contribution >= 0.6 is 0 Å². The number of benzene rings is 1. The molecule has 0 saturated carbocycles. The number of carbonyl (C=O) groups excluding carboxylic acids is 1. The molecule has 0 radical (unpaired) electrons. The fourth-order valence-corrected chi connectivity index (χ4v) is 7.01. The summed E-state index contributed by atoms with van der Waals surface area (Å²) in [5, 5.41) is 6.98. The van der Waals surface area contributed by atoms with E-state index in [0.29, 0.717) is 12.3 Å². The molecule has 3 atom stereocenters. The highest BCUT2D eigenvalue weighted by Gasteiger charge is 2.24. The molecule has 3 aromatic rings. The van der Waals surface area contributed by atoms with Crippen molar-refractivity contribution < 1.29 is 4.79 Å². The number of imidazole rings is 2. The lowest BCUT2D eigenvalue weighted by atomic mass is 9.82. The van der Waals surface area contributed by atoms with Gasteiger partial charge in [-0.2, -0.15) is 0 Å². The molecule has 0 bridgehead atoms. The average Bonchev–Trinajstić information content (AvgIpc) is 3.86.